The first kappa shape index (κ1) is 16.8. The lowest BCUT2D eigenvalue weighted by molar-refractivity contribution is 1.18. The molecule has 0 amide bonds. The van der Waals surface area contributed by atoms with Gasteiger partial charge in [0.25, 0.3) is 0 Å². The van der Waals surface area contributed by atoms with E-state index in [2.05, 4.69) is 121 Å². The second-order valence-electron chi connectivity index (χ2n) is 6.55. The lowest BCUT2D eigenvalue weighted by Crippen LogP contribution is -1.93. The van der Waals surface area contributed by atoms with E-state index in [1.807, 2.05) is 6.07 Å². The number of para-hydroxylation sites is 1. The maximum atomic E-state index is 3.75. The molecule has 27 heavy (non-hydrogen) atoms. The molecule has 130 valence electrons. The zero-order chi connectivity index (χ0) is 18.4. The molecule has 0 aliphatic heterocycles. The quantitative estimate of drug-likeness (QED) is 0.243. The predicted molar refractivity (Wildman–Crippen MR) is 122 cm³/mol. The largest absolute Gasteiger partial charge is 0.309 e. The molecule has 5 aromatic rings. The van der Waals surface area contributed by atoms with Gasteiger partial charge in [0.15, 0.2) is 0 Å². The highest BCUT2D eigenvalue weighted by atomic mass is 79.9. The molecule has 0 radical (unpaired) electrons. The van der Waals surface area contributed by atoms with Crippen molar-refractivity contribution >= 4 is 53.7 Å². The number of rotatable bonds is 2. The zero-order valence-electron chi connectivity index (χ0n) is 14.4. The molecule has 3 heteroatoms. The van der Waals surface area contributed by atoms with Gasteiger partial charge in [-0.25, -0.2) is 0 Å². The Bertz CT molecular complexity index is 1270. The molecule has 1 nitrogen and oxygen atoms in total. The smallest absolute Gasteiger partial charge is 0.0563 e. The number of nitrogens with zero attached hydrogens (tertiary/aromatic N) is 1. The molecule has 1 heterocycles. The van der Waals surface area contributed by atoms with Crippen molar-refractivity contribution in [3.63, 3.8) is 0 Å². The highest BCUT2D eigenvalue weighted by Crippen LogP contribution is 2.38. The SMILES string of the molecule is Brc1cc(Br)c2c3ccccc3n(-c3ccc(-c4ccccc4)cc3)c2c1. The standard InChI is InChI=1S/C24H15Br2N/c25-18-14-21(26)24-20-8-4-5-9-22(20)27(23(24)15-18)19-12-10-17(11-13-19)16-6-2-1-3-7-16/h1-15H. The van der Waals surface area contributed by atoms with Crippen LogP contribution in [0.15, 0.2) is 99.9 Å². The van der Waals surface area contributed by atoms with Crippen molar-refractivity contribution in [2.24, 2.45) is 0 Å². The molecule has 0 bridgehead atoms. The summed E-state index contributed by atoms with van der Waals surface area (Å²) in [6, 6.07) is 32.1. The maximum absolute atomic E-state index is 3.75. The molecule has 0 N–H and O–H groups in total. The average molecular weight is 477 g/mol. The molecule has 0 aliphatic carbocycles. The van der Waals surface area contributed by atoms with E-state index < -0.39 is 0 Å². The van der Waals surface area contributed by atoms with Crippen LogP contribution in [-0.4, -0.2) is 4.57 Å². The number of benzene rings is 4. The molecule has 4 aromatic carbocycles. The maximum Gasteiger partial charge on any atom is 0.0563 e. The van der Waals surface area contributed by atoms with Crippen LogP contribution in [0.25, 0.3) is 38.6 Å². The fourth-order valence-corrected chi connectivity index (χ4v) is 5.14. The molecule has 0 aliphatic rings. The Morgan fingerprint density at radius 2 is 1.26 bits per heavy atom. The average Bonchev–Trinajstić information content (AvgIpc) is 3.03. The topological polar surface area (TPSA) is 4.93 Å². The van der Waals surface area contributed by atoms with E-state index in [-0.39, 0.29) is 0 Å². The van der Waals surface area contributed by atoms with Crippen LogP contribution in [0, 0.1) is 0 Å². The van der Waals surface area contributed by atoms with Crippen LogP contribution in [0.3, 0.4) is 0 Å². The van der Waals surface area contributed by atoms with Crippen LogP contribution < -0.4 is 0 Å². The van der Waals surface area contributed by atoms with Crippen LogP contribution in [0.2, 0.25) is 0 Å². The monoisotopic (exact) mass is 475 g/mol. The Morgan fingerprint density at radius 3 is 2.04 bits per heavy atom. The minimum atomic E-state index is 1.06. The Morgan fingerprint density at radius 1 is 0.593 bits per heavy atom. The van der Waals surface area contributed by atoms with E-state index in [1.165, 1.54) is 32.9 Å². The van der Waals surface area contributed by atoms with Gasteiger partial charge < -0.3 is 4.57 Å². The number of hydrogen-bond donors (Lipinski definition) is 0. The van der Waals surface area contributed by atoms with Crippen LogP contribution >= 0.6 is 31.9 Å². The van der Waals surface area contributed by atoms with Gasteiger partial charge in [-0.2, -0.15) is 0 Å². The Balaban J connectivity index is 1.77. The molecule has 0 fully saturated rings. The third-order valence-corrected chi connectivity index (χ3v) is 6.01. The lowest BCUT2D eigenvalue weighted by Gasteiger charge is -2.10. The number of hydrogen-bond acceptors (Lipinski definition) is 0. The second-order valence-corrected chi connectivity index (χ2v) is 8.32. The summed E-state index contributed by atoms with van der Waals surface area (Å²) in [5.74, 6) is 0. The number of aromatic nitrogens is 1. The van der Waals surface area contributed by atoms with Gasteiger partial charge >= 0.3 is 0 Å². The first-order chi connectivity index (χ1) is 13.2. The summed E-state index contributed by atoms with van der Waals surface area (Å²) in [7, 11) is 0. The third-order valence-electron chi connectivity index (χ3n) is 4.92. The van der Waals surface area contributed by atoms with Gasteiger partial charge in [-0.15, -0.1) is 0 Å². The van der Waals surface area contributed by atoms with Crippen molar-refractivity contribution in [2.75, 3.05) is 0 Å². The fourth-order valence-electron chi connectivity index (χ4n) is 3.72. The summed E-state index contributed by atoms with van der Waals surface area (Å²) in [4.78, 5) is 0. The van der Waals surface area contributed by atoms with Crippen molar-refractivity contribution in [1.29, 1.82) is 0 Å². The minimum absolute atomic E-state index is 1.06. The number of halogens is 2. The van der Waals surface area contributed by atoms with Gasteiger partial charge in [0.1, 0.15) is 0 Å². The van der Waals surface area contributed by atoms with E-state index in [9.17, 15) is 0 Å². The zero-order valence-corrected chi connectivity index (χ0v) is 17.5. The van der Waals surface area contributed by atoms with E-state index in [1.54, 1.807) is 0 Å². The number of fused-ring (bicyclic) bond motifs is 3. The Labute approximate surface area is 174 Å². The summed E-state index contributed by atoms with van der Waals surface area (Å²) in [5, 5.41) is 2.49. The van der Waals surface area contributed by atoms with Gasteiger partial charge in [0.2, 0.25) is 0 Å². The molecular formula is C24H15Br2N. The lowest BCUT2D eigenvalue weighted by atomic mass is 10.1. The molecule has 0 saturated carbocycles. The normalized spacial score (nSPS) is 11.3. The van der Waals surface area contributed by atoms with Crippen molar-refractivity contribution in [1.82, 2.24) is 4.57 Å². The highest BCUT2D eigenvalue weighted by molar-refractivity contribution is 9.11. The molecule has 0 spiro atoms. The second kappa shape index (κ2) is 6.66. The van der Waals surface area contributed by atoms with E-state index in [0.717, 1.165) is 14.6 Å². The van der Waals surface area contributed by atoms with Gasteiger partial charge in [0.05, 0.1) is 11.0 Å². The fraction of sp³-hybridized carbons (Fsp3) is 0. The summed E-state index contributed by atoms with van der Waals surface area (Å²) < 4.78 is 4.49. The van der Waals surface area contributed by atoms with E-state index >= 15 is 0 Å². The van der Waals surface area contributed by atoms with E-state index in [4.69, 9.17) is 0 Å². The predicted octanol–water partition coefficient (Wildman–Crippen LogP) is 7.98. The van der Waals surface area contributed by atoms with Crippen LogP contribution in [0.5, 0.6) is 0 Å². The Kier molecular flexibility index (Phi) is 4.14. The van der Waals surface area contributed by atoms with Crippen molar-refractivity contribution < 1.29 is 0 Å². The highest BCUT2D eigenvalue weighted by Gasteiger charge is 2.15. The van der Waals surface area contributed by atoms with Gasteiger partial charge in [-0.3, -0.25) is 0 Å². The summed E-state index contributed by atoms with van der Waals surface area (Å²) in [6.07, 6.45) is 0. The first-order valence-electron chi connectivity index (χ1n) is 8.76. The van der Waals surface area contributed by atoms with E-state index in [0.29, 0.717) is 0 Å². The van der Waals surface area contributed by atoms with Crippen molar-refractivity contribution in [2.45, 2.75) is 0 Å². The summed E-state index contributed by atoms with van der Waals surface area (Å²) in [6.45, 7) is 0. The Hall–Kier alpha value is -2.36. The van der Waals surface area contributed by atoms with Crippen molar-refractivity contribution in [3.8, 4) is 16.8 Å². The first-order valence-corrected chi connectivity index (χ1v) is 10.3. The van der Waals surface area contributed by atoms with Crippen LogP contribution in [0.1, 0.15) is 0 Å². The molecule has 1 aromatic heterocycles. The van der Waals surface area contributed by atoms with Crippen LogP contribution in [-0.2, 0) is 0 Å². The molecule has 0 atom stereocenters. The molecule has 5 rings (SSSR count). The van der Waals surface area contributed by atoms with Gasteiger partial charge in [0, 0.05) is 25.4 Å². The molecule has 0 saturated heterocycles. The van der Waals surface area contributed by atoms with Crippen molar-refractivity contribution in [3.05, 3.63) is 99.9 Å². The van der Waals surface area contributed by atoms with Gasteiger partial charge in [-0.05, 0) is 41.5 Å². The third kappa shape index (κ3) is 2.82. The van der Waals surface area contributed by atoms with Gasteiger partial charge in [-0.1, -0.05) is 92.5 Å². The molecule has 0 unspecified atom stereocenters. The minimum Gasteiger partial charge on any atom is -0.309 e. The summed E-state index contributed by atoms with van der Waals surface area (Å²) in [5.41, 5.74) is 6.01. The summed E-state index contributed by atoms with van der Waals surface area (Å²) >= 11 is 7.40. The molecular weight excluding hydrogens is 462 g/mol. The van der Waals surface area contributed by atoms with Crippen LogP contribution in [0.4, 0.5) is 0 Å².